The fraction of sp³-hybridized carbons (Fsp3) is 0.0526. The summed E-state index contributed by atoms with van der Waals surface area (Å²) in [5.74, 6) is 0.142. The fourth-order valence-corrected chi connectivity index (χ4v) is 11.4. The largest absolute Gasteiger partial charge is 0.289 e. The molecule has 5 heteroatoms. The maximum atomic E-state index is 13.1. The molecule has 0 aromatic heterocycles. The van der Waals surface area contributed by atoms with E-state index in [4.69, 9.17) is 0 Å². The molecule has 2 aromatic carbocycles. The van der Waals surface area contributed by atoms with Gasteiger partial charge < -0.3 is 0 Å². The Morgan fingerprint density at radius 1 is 0.958 bits per heavy atom. The average molecular weight is 387 g/mol. The van der Waals surface area contributed by atoms with Crippen molar-refractivity contribution in [1.29, 1.82) is 0 Å². The zero-order valence-corrected chi connectivity index (χ0v) is 16.2. The number of benzene rings is 2. The molecule has 2 aliphatic heterocycles. The Morgan fingerprint density at radius 2 is 1.62 bits per heavy atom. The van der Waals surface area contributed by atoms with Gasteiger partial charge in [0.05, 0.1) is 9.81 Å². The van der Waals surface area contributed by atoms with Gasteiger partial charge in [-0.2, -0.15) is 0 Å². The molecule has 24 heavy (non-hydrogen) atoms. The summed E-state index contributed by atoms with van der Waals surface area (Å²) in [5, 5.41) is 0. The molecule has 0 saturated carbocycles. The number of rotatable bonds is 4. The van der Waals surface area contributed by atoms with Crippen LogP contribution < -0.4 is 0 Å². The Balaban J connectivity index is 1.73. The van der Waals surface area contributed by atoms with Crippen LogP contribution in [-0.4, -0.2) is 16.9 Å². The number of thioether (sulfide) groups is 1. The number of carbonyl (C=O) groups excluding carboxylic acids is 1. The van der Waals surface area contributed by atoms with Gasteiger partial charge in [-0.15, -0.1) is 11.8 Å². The van der Waals surface area contributed by atoms with Gasteiger partial charge >= 0.3 is 0 Å². The van der Waals surface area contributed by atoms with Crippen molar-refractivity contribution >= 4 is 57.5 Å². The van der Waals surface area contributed by atoms with Gasteiger partial charge in [0.1, 0.15) is 0 Å². The lowest BCUT2D eigenvalue weighted by Gasteiger charge is -2.07. The molecule has 0 bridgehead atoms. The van der Waals surface area contributed by atoms with Crippen LogP contribution in [0.3, 0.4) is 0 Å². The van der Waals surface area contributed by atoms with Crippen molar-refractivity contribution in [3.05, 3.63) is 87.7 Å². The van der Waals surface area contributed by atoms with Crippen LogP contribution in [0.4, 0.5) is 0 Å². The molecule has 0 N–H and O–H groups in total. The number of allylic oxidation sites excluding steroid dienone is 2. The van der Waals surface area contributed by atoms with Gasteiger partial charge in [0.15, 0.2) is 5.78 Å². The second-order valence-corrected chi connectivity index (χ2v) is 12.0. The van der Waals surface area contributed by atoms with E-state index in [1.54, 1.807) is 11.8 Å². The first-order chi connectivity index (χ1) is 11.8. The SMILES string of the molecule is CSC1=C(C(=O)c2ccccc2)C2=S(SC(c3ccccc3)=C2)S1. The van der Waals surface area contributed by atoms with Crippen LogP contribution in [0.2, 0.25) is 0 Å². The van der Waals surface area contributed by atoms with Gasteiger partial charge in [0.25, 0.3) is 0 Å². The van der Waals surface area contributed by atoms with Gasteiger partial charge in [-0.3, -0.25) is 4.79 Å². The van der Waals surface area contributed by atoms with E-state index < -0.39 is 0 Å². The monoisotopic (exact) mass is 386 g/mol. The summed E-state index contributed by atoms with van der Waals surface area (Å²) in [6.45, 7) is 0. The van der Waals surface area contributed by atoms with Crippen molar-refractivity contribution in [3.8, 4) is 0 Å². The summed E-state index contributed by atoms with van der Waals surface area (Å²) in [6.07, 6.45) is 4.27. The first-order valence-electron chi connectivity index (χ1n) is 7.41. The minimum atomic E-state index is -0.0112. The smallest absolute Gasteiger partial charge is 0.195 e. The molecule has 120 valence electrons. The summed E-state index contributed by atoms with van der Waals surface area (Å²) in [5.41, 5.74) is 2.90. The maximum absolute atomic E-state index is 13.1. The third kappa shape index (κ3) is 2.94. The number of carbonyl (C=O) groups is 1. The molecule has 0 aliphatic carbocycles. The van der Waals surface area contributed by atoms with Crippen molar-refractivity contribution in [1.82, 2.24) is 0 Å². The fourth-order valence-electron chi connectivity index (χ4n) is 2.55. The highest BCUT2D eigenvalue weighted by Gasteiger charge is 2.33. The molecule has 2 aliphatic rings. The van der Waals surface area contributed by atoms with E-state index in [1.807, 2.05) is 58.0 Å². The van der Waals surface area contributed by atoms with Crippen molar-refractivity contribution < 1.29 is 4.79 Å². The molecule has 1 atom stereocenters. The first-order valence-corrected chi connectivity index (χ1v) is 12.5. The van der Waals surface area contributed by atoms with Crippen LogP contribution in [0.5, 0.6) is 0 Å². The molecule has 0 fully saturated rings. The summed E-state index contributed by atoms with van der Waals surface area (Å²) >= 11 is 1.68. The van der Waals surface area contributed by atoms with E-state index in [9.17, 15) is 4.79 Å². The van der Waals surface area contributed by atoms with E-state index in [0.29, 0.717) is 0 Å². The van der Waals surface area contributed by atoms with E-state index >= 15 is 0 Å². The number of hydrogen-bond donors (Lipinski definition) is 0. The summed E-state index contributed by atoms with van der Waals surface area (Å²) in [6, 6.07) is 20.0. The minimum Gasteiger partial charge on any atom is -0.289 e. The Bertz CT molecular complexity index is 895. The lowest BCUT2D eigenvalue weighted by molar-refractivity contribution is 0.104. The molecule has 2 heterocycles. The normalized spacial score (nSPS) is 19.5. The second kappa shape index (κ2) is 7.00. The van der Waals surface area contributed by atoms with Crippen molar-refractivity contribution in [3.63, 3.8) is 0 Å². The molecule has 1 unspecified atom stereocenters. The summed E-state index contributed by atoms with van der Waals surface area (Å²) in [4.78, 5) is 15.5. The number of hydrogen-bond acceptors (Lipinski definition) is 4. The standard InChI is InChI=1S/C19H14OS4/c1-21-19-17(18(20)14-10-6-3-7-11-14)16-12-15(22-24(16)23-19)13-8-4-2-5-9-13/h2-12H,1H3. The van der Waals surface area contributed by atoms with Gasteiger partial charge in [0, 0.05) is 15.3 Å². The van der Waals surface area contributed by atoms with Gasteiger partial charge in [-0.1, -0.05) is 80.0 Å². The molecule has 0 amide bonds. The summed E-state index contributed by atoms with van der Waals surface area (Å²) < 4.78 is 1.15. The molecule has 0 radical (unpaired) electrons. The highest BCUT2D eigenvalue weighted by atomic mass is 33.5. The first kappa shape index (κ1) is 16.3. The topological polar surface area (TPSA) is 17.1 Å². The summed E-state index contributed by atoms with van der Waals surface area (Å²) in [7, 11) is 3.70. The molecule has 4 rings (SSSR count). The highest BCUT2D eigenvalue weighted by Crippen LogP contribution is 2.65. The van der Waals surface area contributed by atoms with Crippen LogP contribution >= 0.6 is 41.9 Å². The predicted octanol–water partition coefficient (Wildman–Crippen LogP) is 6.25. The lowest BCUT2D eigenvalue weighted by atomic mass is 10.0. The van der Waals surface area contributed by atoms with E-state index in [1.165, 1.54) is 15.3 Å². The molecular formula is C19H14OS4. The van der Waals surface area contributed by atoms with E-state index in [2.05, 4.69) is 36.6 Å². The van der Waals surface area contributed by atoms with Crippen LogP contribution in [-0.2, 0) is 0 Å². The zero-order chi connectivity index (χ0) is 16.5. The Labute approximate surface area is 155 Å². The van der Waals surface area contributed by atoms with Crippen molar-refractivity contribution in [2.24, 2.45) is 0 Å². The zero-order valence-electron chi connectivity index (χ0n) is 12.9. The molecule has 0 spiro atoms. The van der Waals surface area contributed by atoms with Crippen LogP contribution in [0, 0.1) is 0 Å². The van der Waals surface area contributed by atoms with E-state index in [0.717, 1.165) is 15.4 Å². The van der Waals surface area contributed by atoms with Gasteiger partial charge in [-0.25, -0.2) is 0 Å². The Kier molecular flexibility index (Phi) is 4.77. The molecular weight excluding hydrogens is 372 g/mol. The van der Waals surface area contributed by atoms with Crippen molar-refractivity contribution in [2.45, 2.75) is 0 Å². The van der Waals surface area contributed by atoms with Crippen LogP contribution in [0.1, 0.15) is 15.9 Å². The Morgan fingerprint density at radius 3 is 2.29 bits per heavy atom. The minimum absolute atomic E-state index is 0.0112. The quantitative estimate of drug-likeness (QED) is 0.351. The molecule has 0 saturated heterocycles. The van der Waals surface area contributed by atoms with Crippen LogP contribution in [0.15, 0.2) is 76.5 Å². The maximum Gasteiger partial charge on any atom is 0.195 e. The second-order valence-electron chi connectivity index (χ2n) is 5.20. The average Bonchev–Trinajstić information content (AvgIpc) is 3.20. The third-order valence-corrected chi connectivity index (χ3v) is 11.5. The third-order valence-electron chi connectivity index (χ3n) is 3.72. The predicted molar refractivity (Wildman–Crippen MR) is 114 cm³/mol. The molecule has 2 aromatic rings. The van der Waals surface area contributed by atoms with Crippen LogP contribution in [0.25, 0.3) is 4.91 Å². The molecule has 1 nitrogen and oxygen atoms in total. The van der Waals surface area contributed by atoms with Gasteiger partial charge in [-0.05, 0) is 28.7 Å². The lowest BCUT2D eigenvalue weighted by Crippen LogP contribution is -2.10. The number of ketones is 1. The Hall–Kier alpha value is -1.14. The van der Waals surface area contributed by atoms with Crippen molar-refractivity contribution in [2.75, 3.05) is 6.26 Å². The number of Topliss-reactive ketones (excluding diaryl/α,β-unsaturated/α-hetero) is 1. The highest BCUT2D eigenvalue weighted by molar-refractivity contribution is 9.19. The van der Waals surface area contributed by atoms with Gasteiger partial charge in [0.2, 0.25) is 0 Å². The van der Waals surface area contributed by atoms with E-state index in [-0.39, 0.29) is 14.3 Å².